The van der Waals surface area contributed by atoms with E-state index in [1.165, 1.54) is 11.3 Å². The van der Waals surface area contributed by atoms with Crippen LogP contribution in [0.5, 0.6) is 5.75 Å². The Balaban J connectivity index is 1.38. The monoisotopic (exact) mass is 514 g/mol. The Morgan fingerprint density at radius 2 is 1.57 bits per heavy atom. The summed E-state index contributed by atoms with van der Waals surface area (Å²) in [6, 6.07) is 23.5. The summed E-state index contributed by atoms with van der Waals surface area (Å²) in [6.07, 6.45) is 0. The average Bonchev–Trinajstić information content (AvgIpc) is 3.33. The van der Waals surface area contributed by atoms with Crippen LogP contribution in [0, 0.1) is 6.92 Å². The maximum atomic E-state index is 12.7. The fraction of sp³-hybridized carbons (Fsp3) is 0.138. The quantitative estimate of drug-likeness (QED) is 0.261. The Morgan fingerprint density at radius 3 is 2.24 bits per heavy atom. The van der Waals surface area contributed by atoms with Gasteiger partial charge in [-0.05, 0) is 55.8 Å². The average molecular weight is 515 g/mol. The van der Waals surface area contributed by atoms with E-state index >= 15 is 0 Å². The van der Waals surface area contributed by atoms with E-state index in [1.807, 2.05) is 66.9 Å². The zero-order valence-corrected chi connectivity index (χ0v) is 21.3. The Bertz CT molecular complexity index is 1380. The number of rotatable bonds is 9. The fourth-order valence-corrected chi connectivity index (χ4v) is 4.51. The minimum absolute atomic E-state index is 0.221. The van der Waals surface area contributed by atoms with Crippen LogP contribution in [0.2, 0.25) is 0 Å². The van der Waals surface area contributed by atoms with Crippen LogP contribution in [0.15, 0.2) is 84.2 Å². The second-order valence-electron chi connectivity index (χ2n) is 8.12. The minimum Gasteiger partial charge on any atom is -0.484 e. The molecule has 3 aromatic carbocycles. The molecule has 4 aromatic rings. The summed E-state index contributed by atoms with van der Waals surface area (Å²) in [5.41, 5.74) is 4.14. The number of ether oxygens (including phenoxy) is 2. The Labute approximate surface area is 219 Å². The third-order valence-corrected chi connectivity index (χ3v) is 6.30. The number of esters is 1. The molecule has 188 valence electrons. The third kappa shape index (κ3) is 6.62. The van der Waals surface area contributed by atoms with Crippen LogP contribution in [0.25, 0.3) is 11.1 Å². The molecular formula is C29H26N2O5S. The Morgan fingerprint density at radius 1 is 0.865 bits per heavy atom. The van der Waals surface area contributed by atoms with Gasteiger partial charge in [-0.2, -0.15) is 0 Å². The zero-order valence-electron chi connectivity index (χ0n) is 20.4. The highest BCUT2D eigenvalue weighted by Gasteiger charge is 2.23. The maximum Gasteiger partial charge on any atom is 0.341 e. The van der Waals surface area contributed by atoms with Gasteiger partial charge in [-0.1, -0.05) is 48.0 Å². The second-order valence-corrected chi connectivity index (χ2v) is 9.00. The molecule has 0 aliphatic heterocycles. The van der Waals surface area contributed by atoms with Gasteiger partial charge in [0.15, 0.2) is 6.61 Å². The predicted octanol–water partition coefficient (Wildman–Crippen LogP) is 6.17. The van der Waals surface area contributed by atoms with Gasteiger partial charge < -0.3 is 20.1 Å². The number of aryl methyl sites for hydroxylation is 1. The molecule has 0 atom stereocenters. The number of thiophene rings is 1. The van der Waals surface area contributed by atoms with Crippen LogP contribution in [0.1, 0.15) is 33.2 Å². The predicted molar refractivity (Wildman–Crippen MR) is 145 cm³/mol. The van der Waals surface area contributed by atoms with Gasteiger partial charge in [0.05, 0.1) is 6.61 Å². The van der Waals surface area contributed by atoms with Gasteiger partial charge in [0, 0.05) is 22.2 Å². The summed E-state index contributed by atoms with van der Waals surface area (Å²) in [5, 5.41) is 7.81. The summed E-state index contributed by atoms with van der Waals surface area (Å²) in [6.45, 7) is 3.66. The summed E-state index contributed by atoms with van der Waals surface area (Å²) < 4.78 is 10.8. The fourth-order valence-electron chi connectivity index (χ4n) is 3.54. The zero-order chi connectivity index (χ0) is 26.2. The lowest BCUT2D eigenvalue weighted by Gasteiger charge is -2.10. The molecule has 0 saturated heterocycles. The highest BCUT2D eigenvalue weighted by atomic mass is 32.1. The molecule has 37 heavy (non-hydrogen) atoms. The maximum absolute atomic E-state index is 12.7. The van der Waals surface area contributed by atoms with Crippen LogP contribution in [0.3, 0.4) is 0 Å². The molecule has 0 radical (unpaired) electrons. The molecule has 0 aliphatic rings. The molecule has 0 bridgehead atoms. The largest absolute Gasteiger partial charge is 0.484 e. The third-order valence-electron chi connectivity index (χ3n) is 5.40. The molecule has 0 fully saturated rings. The summed E-state index contributed by atoms with van der Waals surface area (Å²) in [5.74, 6) is -0.734. The van der Waals surface area contributed by atoms with E-state index < -0.39 is 11.9 Å². The van der Waals surface area contributed by atoms with Crippen LogP contribution in [0.4, 0.5) is 10.7 Å². The van der Waals surface area contributed by atoms with Crippen molar-refractivity contribution in [2.24, 2.45) is 0 Å². The van der Waals surface area contributed by atoms with E-state index in [4.69, 9.17) is 9.47 Å². The molecule has 7 nitrogen and oxygen atoms in total. The lowest BCUT2D eigenvalue weighted by Crippen LogP contribution is -2.21. The van der Waals surface area contributed by atoms with E-state index in [0.29, 0.717) is 33.1 Å². The number of amides is 2. The number of nitrogens with one attached hydrogen (secondary N) is 2. The van der Waals surface area contributed by atoms with E-state index in [-0.39, 0.29) is 19.1 Å². The SMILES string of the molecule is CCOC(=O)c1c(-c2ccccc2)csc1NC(=O)COc1ccc(C(=O)Nc2ccc(C)cc2)cc1. The van der Waals surface area contributed by atoms with E-state index in [1.54, 1.807) is 31.2 Å². The van der Waals surface area contributed by atoms with Gasteiger partial charge >= 0.3 is 5.97 Å². The summed E-state index contributed by atoms with van der Waals surface area (Å²) in [4.78, 5) is 37.8. The molecule has 1 heterocycles. The number of hydrogen-bond donors (Lipinski definition) is 2. The molecule has 2 amide bonds. The number of carbonyl (C=O) groups is 3. The second kappa shape index (κ2) is 12.0. The lowest BCUT2D eigenvalue weighted by atomic mass is 10.0. The first-order valence-corrected chi connectivity index (χ1v) is 12.6. The van der Waals surface area contributed by atoms with Crippen molar-refractivity contribution in [1.29, 1.82) is 0 Å². The first-order valence-electron chi connectivity index (χ1n) is 11.7. The topological polar surface area (TPSA) is 93.7 Å². The van der Waals surface area contributed by atoms with Crippen LogP contribution in [-0.2, 0) is 9.53 Å². The van der Waals surface area contributed by atoms with Gasteiger partial charge in [-0.3, -0.25) is 9.59 Å². The van der Waals surface area contributed by atoms with Crippen molar-refractivity contribution in [1.82, 2.24) is 0 Å². The molecule has 8 heteroatoms. The Hall–Kier alpha value is -4.43. The lowest BCUT2D eigenvalue weighted by molar-refractivity contribution is -0.118. The standard InChI is InChI=1S/C29H26N2O5S/c1-3-35-29(34)26-24(20-7-5-4-6-8-20)18-37-28(26)31-25(32)17-36-23-15-11-21(12-16-23)27(33)30-22-13-9-19(2)10-14-22/h4-16,18H,3,17H2,1-2H3,(H,30,33)(H,31,32). The molecule has 2 N–H and O–H groups in total. The van der Waals surface area contributed by atoms with Crippen LogP contribution < -0.4 is 15.4 Å². The van der Waals surface area contributed by atoms with Crippen molar-refractivity contribution in [2.45, 2.75) is 13.8 Å². The van der Waals surface area contributed by atoms with Crippen LogP contribution in [-0.4, -0.2) is 31.0 Å². The molecule has 4 rings (SSSR count). The summed E-state index contributed by atoms with van der Waals surface area (Å²) in [7, 11) is 0. The van der Waals surface area contributed by atoms with E-state index in [2.05, 4.69) is 10.6 Å². The van der Waals surface area contributed by atoms with Gasteiger partial charge in [-0.25, -0.2) is 4.79 Å². The minimum atomic E-state index is -0.502. The van der Waals surface area contributed by atoms with Crippen molar-refractivity contribution >= 4 is 39.8 Å². The van der Waals surface area contributed by atoms with E-state index in [0.717, 1.165) is 11.1 Å². The van der Waals surface area contributed by atoms with Crippen LogP contribution >= 0.6 is 11.3 Å². The van der Waals surface area contributed by atoms with Crippen molar-refractivity contribution < 1.29 is 23.9 Å². The molecule has 0 aliphatic carbocycles. The normalized spacial score (nSPS) is 10.4. The smallest absolute Gasteiger partial charge is 0.341 e. The van der Waals surface area contributed by atoms with Crippen molar-refractivity contribution in [3.8, 4) is 16.9 Å². The number of carbonyl (C=O) groups excluding carboxylic acids is 3. The molecule has 0 saturated carbocycles. The number of benzene rings is 3. The van der Waals surface area contributed by atoms with Gasteiger partial charge in [0.1, 0.15) is 16.3 Å². The first-order chi connectivity index (χ1) is 17.9. The highest BCUT2D eigenvalue weighted by Crippen LogP contribution is 2.36. The van der Waals surface area contributed by atoms with E-state index in [9.17, 15) is 14.4 Å². The van der Waals surface area contributed by atoms with Gasteiger partial charge in [0.2, 0.25) is 0 Å². The number of anilines is 2. The Kier molecular flexibility index (Phi) is 8.33. The summed E-state index contributed by atoms with van der Waals surface area (Å²) >= 11 is 1.25. The first kappa shape index (κ1) is 25.7. The van der Waals surface area contributed by atoms with Crippen molar-refractivity contribution in [3.63, 3.8) is 0 Å². The molecular weight excluding hydrogens is 488 g/mol. The van der Waals surface area contributed by atoms with Crippen molar-refractivity contribution in [3.05, 3.63) is 101 Å². The molecule has 1 aromatic heterocycles. The highest BCUT2D eigenvalue weighted by molar-refractivity contribution is 7.15. The molecule has 0 unspecified atom stereocenters. The van der Waals surface area contributed by atoms with Gasteiger partial charge in [-0.15, -0.1) is 11.3 Å². The van der Waals surface area contributed by atoms with Gasteiger partial charge in [0.25, 0.3) is 11.8 Å². The number of hydrogen-bond acceptors (Lipinski definition) is 6. The van der Waals surface area contributed by atoms with Crippen molar-refractivity contribution in [2.75, 3.05) is 23.8 Å². The molecule has 0 spiro atoms.